The van der Waals surface area contributed by atoms with Gasteiger partial charge in [-0.25, -0.2) is 0 Å². The molecule has 0 radical (unpaired) electrons. The van der Waals surface area contributed by atoms with E-state index < -0.39 is 17.9 Å². The summed E-state index contributed by atoms with van der Waals surface area (Å²) in [6, 6.07) is 0. The lowest BCUT2D eigenvalue weighted by Crippen LogP contribution is -2.17. The number of hydrogen-bond acceptors (Lipinski definition) is 3. The first kappa shape index (κ1) is 29.6. The van der Waals surface area contributed by atoms with Crippen LogP contribution in [0.25, 0.3) is 0 Å². The predicted molar refractivity (Wildman–Crippen MR) is 126 cm³/mol. The second-order valence-corrected chi connectivity index (χ2v) is 9.12. The van der Waals surface area contributed by atoms with Gasteiger partial charge in [0.15, 0.2) is 0 Å². The number of carbonyl (C=O) groups is 3. The molecule has 0 amide bonds. The Bertz CT molecular complexity index is 461. The van der Waals surface area contributed by atoms with Gasteiger partial charge in [-0.05, 0) is 19.3 Å². The number of unbranched alkanes of at least 4 members (excludes halogenated alkanes) is 15. The molecule has 0 aliphatic rings. The van der Waals surface area contributed by atoms with Crippen molar-refractivity contribution in [3.05, 3.63) is 0 Å². The fraction of sp³-hybridized carbons (Fsp3) is 0.885. The molecule has 2 N–H and O–H groups in total. The summed E-state index contributed by atoms with van der Waals surface area (Å²) >= 11 is 0. The Labute approximate surface area is 190 Å². The molecule has 0 saturated heterocycles. The minimum absolute atomic E-state index is 0.110. The van der Waals surface area contributed by atoms with Crippen molar-refractivity contribution in [3.63, 3.8) is 0 Å². The zero-order valence-corrected chi connectivity index (χ0v) is 20.0. The minimum Gasteiger partial charge on any atom is -0.481 e. The van der Waals surface area contributed by atoms with Gasteiger partial charge in [0.25, 0.3) is 0 Å². The minimum atomic E-state index is -0.833. The van der Waals surface area contributed by atoms with E-state index in [0.29, 0.717) is 19.3 Å². The number of Topliss-reactive ketones (excluding diaryl/α,β-unsaturated/α-hetero) is 1. The highest BCUT2D eigenvalue weighted by molar-refractivity contribution is 5.83. The van der Waals surface area contributed by atoms with Gasteiger partial charge >= 0.3 is 11.9 Å². The molecule has 0 heterocycles. The molecule has 0 unspecified atom stereocenters. The van der Waals surface area contributed by atoms with Crippen LogP contribution in [0, 0.1) is 5.92 Å². The average Bonchev–Trinajstić information content (AvgIpc) is 2.72. The molecule has 5 nitrogen and oxygen atoms in total. The van der Waals surface area contributed by atoms with Crippen LogP contribution in [0.3, 0.4) is 0 Å². The van der Waals surface area contributed by atoms with Crippen molar-refractivity contribution in [2.24, 2.45) is 5.92 Å². The molecule has 0 bridgehead atoms. The van der Waals surface area contributed by atoms with Gasteiger partial charge in [0.2, 0.25) is 0 Å². The third-order valence-electron chi connectivity index (χ3n) is 6.06. The van der Waals surface area contributed by atoms with Gasteiger partial charge in [-0.2, -0.15) is 0 Å². The van der Waals surface area contributed by atoms with Gasteiger partial charge in [0.05, 0.1) is 5.92 Å². The maximum atomic E-state index is 11.9. The fourth-order valence-corrected chi connectivity index (χ4v) is 4.11. The molecule has 0 rings (SSSR count). The van der Waals surface area contributed by atoms with E-state index in [9.17, 15) is 14.4 Å². The number of carboxylic acids is 2. The average molecular weight is 441 g/mol. The van der Waals surface area contributed by atoms with Crippen molar-refractivity contribution < 1.29 is 24.6 Å². The standard InChI is InChI=1S/C26H48O5/c1-2-19-23(26(30)31)22-24(27)20-17-15-13-11-9-7-5-3-4-6-8-10-12-14-16-18-21-25(28)29/h23H,2-22H2,1H3,(H,28,29)(H,30,31)/t23-/m1/s1. The number of aliphatic carboxylic acids is 2. The predicted octanol–water partition coefficient (Wildman–Crippen LogP) is 7.55. The van der Waals surface area contributed by atoms with Crippen LogP contribution in [0.1, 0.15) is 142 Å². The SMILES string of the molecule is CCC[C@H](CC(=O)CCCCCCCCCCCCCCCCCCC(=O)O)C(=O)O. The van der Waals surface area contributed by atoms with E-state index in [4.69, 9.17) is 10.2 Å². The molecule has 0 aromatic carbocycles. The van der Waals surface area contributed by atoms with Crippen LogP contribution in [0.5, 0.6) is 0 Å². The van der Waals surface area contributed by atoms with Gasteiger partial charge in [-0.15, -0.1) is 0 Å². The monoisotopic (exact) mass is 440 g/mol. The third kappa shape index (κ3) is 21.6. The molecule has 0 aliphatic carbocycles. The Kier molecular flexibility index (Phi) is 20.8. The van der Waals surface area contributed by atoms with Crippen molar-refractivity contribution in [3.8, 4) is 0 Å². The molecule has 1 atom stereocenters. The molecule has 5 heteroatoms. The summed E-state index contributed by atoms with van der Waals surface area (Å²) in [5.74, 6) is -1.89. The highest BCUT2D eigenvalue weighted by Crippen LogP contribution is 2.16. The number of carboxylic acid groups (broad SMARTS) is 2. The summed E-state index contributed by atoms with van der Waals surface area (Å²) in [6.07, 6.45) is 21.6. The lowest BCUT2D eigenvalue weighted by atomic mass is 9.95. The molecule has 0 aromatic rings. The van der Waals surface area contributed by atoms with Crippen LogP contribution in [0.4, 0.5) is 0 Å². The van der Waals surface area contributed by atoms with E-state index >= 15 is 0 Å². The van der Waals surface area contributed by atoms with Gasteiger partial charge in [0, 0.05) is 19.3 Å². The van der Waals surface area contributed by atoms with Crippen LogP contribution in [-0.4, -0.2) is 27.9 Å². The molecule has 0 saturated carbocycles. The van der Waals surface area contributed by atoms with E-state index in [1.165, 1.54) is 77.0 Å². The summed E-state index contributed by atoms with van der Waals surface area (Å²) in [5.41, 5.74) is 0. The maximum absolute atomic E-state index is 11.9. The highest BCUT2D eigenvalue weighted by Gasteiger charge is 2.19. The van der Waals surface area contributed by atoms with Crippen molar-refractivity contribution in [1.29, 1.82) is 0 Å². The summed E-state index contributed by atoms with van der Waals surface area (Å²) in [6.45, 7) is 1.96. The molecule has 0 aliphatic heterocycles. The second-order valence-electron chi connectivity index (χ2n) is 9.12. The number of ketones is 1. The zero-order valence-electron chi connectivity index (χ0n) is 20.0. The van der Waals surface area contributed by atoms with Gasteiger partial charge < -0.3 is 10.2 Å². The smallest absolute Gasteiger partial charge is 0.306 e. The lowest BCUT2D eigenvalue weighted by molar-refractivity contribution is -0.144. The van der Waals surface area contributed by atoms with E-state index in [0.717, 1.165) is 32.1 Å². The van der Waals surface area contributed by atoms with Crippen LogP contribution >= 0.6 is 0 Å². The number of carbonyl (C=O) groups excluding carboxylic acids is 1. The summed E-state index contributed by atoms with van der Waals surface area (Å²) in [7, 11) is 0. The van der Waals surface area contributed by atoms with Crippen molar-refractivity contribution in [2.45, 2.75) is 142 Å². The second kappa shape index (κ2) is 21.8. The first-order valence-electron chi connectivity index (χ1n) is 12.9. The molecule has 0 fully saturated rings. The Morgan fingerprint density at radius 3 is 1.26 bits per heavy atom. The normalized spacial score (nSPS) is 12.0. The topological polar surface area (TPSA) is 91.7 Å². The zero-order chi connectivity index (χ0) is 23.2. The van der Waals surface area contributed by atoms with Gasteiger partial charge in [0.1, 0.15) is 5.78 Å². The molecule has 0 spiro atoms. The van der Waals surface area contributed by atoms with Crippen LogP contribution in [0.15, 0.2) is 0 Å². The van der Waals surface area contributed by atoms with E-state index in [-0.39, 0.29) is 12.2 Å². The van der Waals surface area contributed by atoms with Gasteiger partial charge in [-0.3, -0.25) is 14.4 Å². The fourth-order valence-electron chi connectivity index (χ4n) is 4.11. The molecule has 182 valence electrons. The quantitative estimate of drug-likeness (QED) is 0.151. The Morgan fingerprint density at radius 1 is 0.581 bits per heavy atom. The molecular weight excluding hydrogens is 392 g/mol. The summed E-state index contributed by atoms with van der Waals surface area (Å²) in [5, 5.41) is 17.7. The Hall–Kier alpha value is -1.39. The first-order chi connectivity index (χ1) is 15.0. The van der Waals surface area contributed by atoms with Crippen molar-refractivity contribution in [2.75, 3.05) is 0 Å². The Morgan fingerprint density at radius 2 is 0.935 bits per heavy atom. The van der Waals surface area contributed by atoms with E-state index in [1.807, 2.05) is 6.92 Å². The van der Waals surface area contributed by atoms with Crippen molar-refractivity contribution in [1.82, 2.24) is 0 Å². The maximum Gasteiger partial charge on any atom is 0.306 e. The third-order valence-corrected chi connectivity index (χ3v) is 6.06. The summed E-state index contributed by atoms with van der Waals surface area (Å²) < 4.78 is 0. The highest BCUT2D eigenvalue weighted by atomic mass is 16.4. The molecule has 0 aromatic heterocycles. The van der Waals surface area contributed by atoms with Gasteiger partial charge in [-0.1, -0.05) is 103 Å². The Balaban J connectivity index is 3.29. The summed E-state index contributed by atoms with van der Waals surface area (Å²) in [4.78, 5) is 33.5. The number of hydrogen-bond donors (Lipinski definition) is 2. The lowest BCUT2D eigenvalue weighted by Gasteiger charge is -2.09. The van der Waals surface area contributed by atoms with Crippen LogP contribution in [-0.2, 0) is 14.4 Å². The van der Waals surface area contributed by atoms with Crippen LogP contribution in [0.2, 0.25) is 0 Å². The van der Waals surface area contributed by atoms with E-state index in [1.54, 1.807) is 0 Å². The first-order valence-corrected chi connectivity index (χ1v) is 12.9. The van der Waals surface area contributed by atoms with Crippen LogP contribution < -0.4 is 0 Å². The molecular formula is C26H48O5. The number of rotatable bonds is 24. The van der Waals surface area contributed by atoms with E-state index in [2.05, 4.69) is 0 Å². The van der Waals surface area contributed by atoms with Crippen molar-refractivity contribution >= 4 is 17.7 Å². The molecule has 31 heavy (non-hydrogen) atoms. The largest absolute Gasteiger partial charge is 0.481 e.